The summed E-state index contributed by atoms with van der Waals surface area (Å²) in [5.41, 5.74) is 1.25. The van der Waals surface area contributed by atoms with Crippen molar-refractivity contribution in [3.63, 3.8) is 0 Å². The highest BCUT2D eigenvalue weighted by atomic mass is 35.5. The minimum atomic E-state index is -1.19. The van der Waals surface area contributed by atoms with Crippen molar-refractivity contribution in [1.82, 2.24) is 0 Å². The van der Waals surface area contributed by atoms with Crippen LogP contribution in [0, 0.1) is 5.82 Å². The molecule has 0 saturated heterocycles. The molecule has 0 aliphatic rings. The molecule has 84 valence electrons. The van der Waals surface area contributed by atoms with Crippen LogP contribution in [0.4, 0.5) is 4.39 Å². The van der Waals surface area contributed by atoms with Gasteiger partial charge in [-0.25, -0.2) is 4.39 Å². The van der Waals surface area contributed by atoms with Crippen LogP contribution < -0.4 is 0 Å². The standard InChI is InChI=1S/C12H18ClFSi/c1-15(2,9-3-8-13)10-11-4-6-12(14)7-5-11/h4-7H,3,8-10H2,1-2H3. The van der Waals surface area contributed by atoms with Crippen molar-refractivity contribution in [3.05, 3.63) is 35.6 Å². The molecule has 0 N–H and O–H groups in total. The SMILES string of the molecule is C[Si](C)(CCCCl)Cc1ccc(F)cc1. The summed E-state index contributed by atoms with van der Waals surface area (Å²) < 4.78 is 12.7. The second-order valence-electron chi connectivity index (χ2n) is 4.76. The zero-order valence-electron chi connectivity index (χ0n) is 9.39. The number of rotatable bonds is 5. The number of alkyl halides is 1. The highest BCUT2D eigenvalue weighted by Crippen LogP contribution is 2.18. The summed E-state index contributed by atoms with van der Waals surface area (Å²) >= 11 is 5.70. The minimum Gasteiger partial charge on any atom is -0.207 e. The van der Waals surface area contributed by atoms with Crippen molar-refractivity contribution in [3.8, 4) is 0 Å². The zero-order valence-corrected chi connectivity index (χ0v) is 11.1. The van der Waals surface area contributed by atoms with Crippen molar-refractivity contribution < 1.29 is 4.39 Å². The molecule has 0 fully saturated rings. The fourth-order valence-electron chi connectivity index (χ4n) is 1.79. The predicted molar refractivity (Wildman–Crippen MR) is 67.7 cm³/mol. The molecule has 0 nitrogen and oxygen atoms in total. The summed E-state index contributed by atoms with van der Waals surface area (Å²) in [4.78, 5) is 0. The molecule has 1 aromatic carbocycles. The van der Waals surface area contributed by atoms with Gasteiger partial charge in [-0.1, -0.05) is 36.8 Å². The Balaban J connectivity index is 2.56. The molecule has 0 spiro atoms. The molecule has 0 saturated carbocycles. The van der Waals surface area contributed by atoms with Crippen molar-refractivity contribution >= 4 is 19.7 Å². The van der Waals surface area contributed by atoms with Gasteiger partial charge >= 0.3 is 0 Å². The van der Waals surface area contributed by atoms with Gasteiger partial charge < -0.3 is 0 Å². The van der Waals surface area contributed by atoms with E-state index in [4.69, 9.17) is 11.6 Å². The maximum atomic E-state index is 12.7. The summed E-state index contributed by atoms with van der Waals surface area (Å²) in [7, 11) is -1.19. The third-order valence-corrected chi connectivity index (χ3v) is 5.92. The molecule has 1 aromatic rings. The first-order valence-corrected chi connectivity index (χ1v) is 9.29. The van der Waals surface area contributed by atoms with Crippen LogP contribution in [-0.4, -0.2) is 14.0 Å². The molecule has 0 radical (unpaired) electrons. The zero-order chi connectivity index (χ0) is 11.3. The third-order valence-electron chi connectivity index (χ3n) is 2.58. The van der Waals surface area contributed by atoms with Crippen molar-refractivity contribution in [1.29, 1.82) is 0 Å². The van der Waals surface area contributed by atoms with E-state index in [-0.39, 0.29) is 5.82 Å². The van der Waals surface area contributed by atoms with Crippen LogP contribution in [0.3, 0.4) is 0 Å². The van der Waals surface area contributed by atoms with Crippen molar-refractivity contribution in [2.24, 2.45) is 0 Å². The molecule has 3 heteroatoms. The molecule has 0 bridgehead atoms. The van der Waals surface area contributed by atoms with Gasteiger partial charge in [-0.05, 0) is 24.6 Å². The Kier molecular flexibility index (Phi) is 4.80. The summed E-state index contributed by atoms with van der Waals surface area (Å²) in [6.07, 6.45) is 1.10. The number of benzene rings is 1. The Morgan fingerprint density at radius 1 is 1.20 bits per heavy atom. The van der Waals surface area contributed by atoms with Gasteiger partial charge in [0.1, 0.15) is 5.82 Å². The molecule has 0 unspecified atom stereocenters. The molecule has 0 amide bonds. The largest absolute Gasteiger partial charge is 0.207 e. The van der Waals surface area contributed by atoms with Gasteiger partial charge in [-0.2, -0.15) is 0 Å². The van der Waals surface area contributed by atoms with E-state index in [0.29, 0.717) is 0 Å². The first-order valence-electron chi connectivity index (χ1n) is 5.34. The van der Waals surface area contributed by atoms with E-state index >= 15 is 0 Å². The summed E-state index contributed by atoms with van der Waals surface area (Å²) in [6, 6.07) is 9.23. The molecule has 0 aliphatic carbocycles. The predicted octanol–water partition coefficient (Wildman–Crippen LogP) is 4.24. The van der Waals surface area contributed by atoms with Crippen molar-refractivity contribution in [2.45, 2.75) is 31.6 Å². The van der Waals surface area contributed by atoms with Gasteiger partial charge in [-0.15, -0.1) is 11.6 Å². The summed E-state index contributed by atoms with van der Waals surface area (Å²) in [5, 5.41) is 0. The topological polar surface area (TPSA) is 0 Å². The second-order valence-corrected chi connectivity index (χ2v) is 10.3. The van der Waals surface area contributed by atoms with E-state index in [1.165, 1.54) is 11.6 Å². The van der Waals surface area contributed by atoms with E-state index in [0.717, 1.165) is 18.3 Å². The van der Waals surface area contributed by atoms with Gasteiger partial charge in [0.15, 0.2) is 0 Å². The van der Waals surface area contributed by atoms with E-state index in [9.17, 15) is 4.39 Å². The second kappa shape index (κ2) is 5.66. The Morgan fingerprint density at radius 2 is 1.80 bits per heavy atom. The Labute approximate surface area is 97.5 Å². The van der Waals surface area contributed by atoms with Crippen LogP contribution in [-0.2, 0) is 6.04 Å². The van der Waals surface area contributed by atoms with E-state index in [2.05, 4.69) is 13.1 Å². The Hall–Kier alpha value is -0.343. The maximum absolute atomic E-state index is 12.7. The molecule has 0 aromatic heterocycles. The van der Waals surface area contributed by atoms with Crippen LogP contribution >= 0.6 is 11.6 Å². The Bertz CT molecular complexity index is 295. The fourth-order valence-corrected chi connectivity index (χ4v) is 4.80. The quantitative estimate of drug-likeness (QED) is 0.537. The third kappa shape index (κ3) is 4.80. The number of hydrogen-bond donors (Lipinski definition) is 0. The van der Waals surface area contributed by atoms with Crippen LogP contribution in [0.5, 0.6) is 0 Å². The lowest BCUT2D eigenvalue weighted by Crippen LogP contribution is -2.29. The van der Waals surface area contributed by atoms with Gasteiger partial charge in [0.25, 0.3) is 0 Å². The average Bonchev–Trinajstić information content (AvgIpc) is 2.18. The van der Waals surface area contributed by atoms with Gasteiger partial charge in [0, 0.05) is 5.88 Å². The van der Waals surface area contributed by atoms with Crippen LogP contribution in [0.15, 0.2) is 24.3 Å². The average molecular weight is 245 g/mol. The summed E-state index contributed by atoms with van der Waals surface area (Å²) in [5.74, 6) is 0.596. The van der Waals surface area contributed by atoms with E-state index < -0.39 is 8.07 Å². The highest BCUT2D eigenvalue weighted by molar-refractivity contribution is 6.76. The van der Waals surface area contributed by atoms with Crippen LogP contribution in [0.25, 0.3) is 0 Å². The highest BCUT2D eigenvalue weighted by Gasteiger charge is 2.20. The smallest absolute Gasteiger partial charge is 0.123 e. The van der Waals surface area contributed by atoms with Gasteiger partial charge in [-0.3, -0.25) is 0 Å². The Morgan fingerprint density at radius 3 is 2.33 bits per heavy atom. The van der Waals surface area contributed by atoms with Crippen molar-refractivity contribution in [2.75, 3.05) is 5.88 Å². The fraction of sp³-hybridized carbons (Fsp3) is 0.500. The van der Waals surface area contributed by atoms with Crippen LogP contribution in [0.1, 0.15) is 12.0 Å². The molecular formula is C12H18ClFSi. The number of halogens is 2. The van der Waals surface area contributed by atoms with Gasteiger partial charge in [0.2, 0.25) is 0 Å². The first kappa shape index (κ1) is 12.7. The van der Waals surface area contributed by atoms with Crippen LogP contribution in [0.2, 0.25) is 19.1 Å². The molecule has 0 heterocycles. The molecule has 15 heavy (non-hydrogen) atoms. The number of hydrogen-bond acceptors (Lipinski definition) is 0. The normalized spacial score (nSPS) is 11.7. The molecule has 0 aliphatic heterocycles. The molecule has 0 atom stereocenters. The molecular weight excluding hydrogens is 227 g/mol. The van der Waals surface area contributed by atoms with E-state index in [1.54, 1.807) is 12.1 Å². The molecule has 1 rings (SSSR count). The lowest BCUT2D eigenvalue weighted by molar-refractivity contribution is 0.627. The maximum Gasteiger partial charge on any atom is 0.123 e. The lowest BCUT2D eigenvalue weighted by Gasteiger charge is -2.21. The van der Waals surface area contributed by atoms with E-state index in [1.807, 2.05) is 12.1 Å². The minimum absolute atomic E-state index is 0.154. The van der Waals surface area contributed by atoms with Gasteiger partial charge in [0.05, 0.1) is 8.07 Å². The first-order chi connectivity index (χ1) is 7.03. The lowest BCUT2D eigenvalue weighted by atomic mass is 10.2. The summed E-state index contributed by atoms with van der Waals surface area (Å²) in [6.45, 7) is 4.73. The monoisotopic (exact) mass is 244 g/mol.